The number of hydrogen-bond acceptors (Lipinski definition) is 4. The second-order valence-corrected chi connectivity index (χ2v) is 3.72. The second-order valence-electron chi connectivity index (χ2n) is 3.72. The zero-order chi connectivity index (χ0) is 14.4. The lowest BCUT2D eigenvalue weighted by Gasteiger charge is -2.15. The highest BCUT2D eigenvalue weighted by molar-refractivity contribution is 5.68. The molecule has 7 heteroatoms. The Morgan fingerprint density at radius 1 is 1.42 bits per heavy atom. The molecule has 0 aliphatic rings. The Labute approximate surface area is 108 Å². The highest BCUT2D eigenvalue weighted by atomic mass is 19.3. The minimum Gasteiger partial charge on any atom is -0.490 e. The summed E-state index contributed by atoms with van der Waals surface area (Å²) < 4.78 is 33.9. The molecule has 0 bridgehead atoms. The Morgan fingerprint density at radius 3 is 2.63 bits per heavy atom. The van der Waals surface area contributed by atoms with E-state index in [2.05, 4.69) is 4.74 Å². The monoisotopic (exact) mass is 275 g/mol. The van der Waals surface area contributed by atoms with Crippen LogP contribution in [0.3, 0.4) is 0 Å². The number of alkyl halides is 2. The summed E-state index contributed by atoms with van der Waals surface area (Å²) >= 11 is 0. The minimum absolute atomic E-state index is 0.108. The first kappa shape index (κ1) is 15.2. The number of nitrogens with two attached hydrogens (primary N) is 1. The van der Waals surface area contributed by atoms with Gasteiger partial charge in [0.1, 0.15) is 0 Å². The number of ether oxygens (including phenoxy) is 2. The number of halogens is 2. The van der Waals surface area contributed by atoms with Gasteiger partial charge >= 0.3 is 12.6 Å². The van der Waals surface area contributed by atoms with E-state index in [0.717, 1.165) is 0 Å². The molecule has 5 nitrogen and oxygen atoms in total. The average Bonchev–Trinajstić information content (AvgIpc) is 2.30. The maximum atomic E-state index is 12.2. The molecule has 1 rings (SSSR count). The number of carboxylic acid groups (broad SMARTS) is 1. The summed E-state index contributed by atoms with van der Waals surface area (Å²) in [6, 6.07) is 3.40. The second kappa shape index (κ2) is 6.89. The normalized spacial score (nSPS) is 12.3. The van der Waals surface area contributed by atoms with Crippen LogP contribution in [0.5, 0.6) is 11.5 Å². The molecule has 0 aromatic heterocycles. The Hall–Kier alpha value is -1.89. The van der Waals surface area contributed by atoms with Crippen LogP contribution < -0.4 is 15.2 Å². The first-order valence-corrected chi connectivity index (χ1v) is 5.63. The molecular formula is C12H15F2NO4. The molecule has 1 unspecified atom stereocenters. The minimum atomic E-state index is -2.96. The molecule has 0 fully saturated rings. The third-order valence-electron chi connectivity index (χ3n) is 2.31. The van der Waals surface area contributed by atoms with Crippen LogP contribution in [0.15, 0.2) is 18.2 Å². The van der Waals surface area contributed by atoms with Crippen LogP contribution in [0.1, 0.15) is 24.9 Å². The smallest absolute Gasteiger partial charge is 0.387 e. The van der Waals surface area contributed by atoms with Crippen molar-refractivity contribution in [3.8, 4) is 11.5 Å². The summed E-state index contributed by atoms with van der Waals surface area (Å²) in [6.45, 7) is -1.01. The van der Waals surface area contributed by atoms with Crippen LogP contribution in [0.4, 0.5) is 8.78 Å². The van der Waals surface area contributed by atoms with Crippen molar-refractivity contribution in [1.29, 1.82) is 0 Å². The number of hydrogen-bond donors (Lipinski definition) is 2. The molecule has 0 saturated carbocycles. The van der Waals surface area contributed by atoms with Crippen molar-refractivity contribution < 1.29 is 28.2 Å². The van der Waals surface area contributed by atoms with Gasteiger partial charge < -0.3 is 20.3 Å². The van der Waals surface area contributed by atoms with E-state index in [9.17, 15) is 13.6 Å². The van der Waals surface area contributed by atoms with E-state index in [0.29, 0.717) is 5.56 Å². The van der Waals surface area contributed by atoms with Gasteiger partial charge in [-0.25, -0.2) is 0 Å². The fraction of sp³-hybridized carbons (Fsp3) is 0.417. The molecule has 3 N–H and O–H groups in total. The van der Waals surface area contributed by atoms with Crippen molar-refractivity contribution in [2.24, 2.45) is 5.73 Å². The first-order chi connectivity index (χ1) is 8.93. The van der Waals surface area contributed by atoms with E-state index in [1.54, 1.807) is 6.92 Å². The van der Waals surface area contributed by atoms with Crippen molar-refractivity contribution in [2.75, 3.05) is 6.61 Å². The van der Waals surface area contributed by atoms with Crippen LogP contribution in [0, 0.1) is 0 Å². The third kappa shape index (κ3) is 4.70. The fourth-order valence-corrected chi connectivity index (χ4v) is 1.52. The van der Waals surface area contributed by atoms with Gasteiger partial charge in [-0.05, 0) is 24.6 Å². The van der Waals surface area contributed by atoms with E-state index >= 15 is 0 Å². The summed E-state index contributed by atoms with van der Waals surface area (Å²) in [4.78, 5) is 10.6. The van der Waals surface area contributed by atoms with Gasteiger partial charge in [-0.1, -0.05) is 6.07 Å². The number of carboxylic acids is 1. The van der Waals surface area contributed by atoms with Crippen molar-refractivity contribution in [1.82, 2.24) is 0 Å². The molecular weight excluding hydrogens is 260 g/mol. The van der Waals surface area contributed by atoms with E-state index in [1.807, 2.05) is 0 Å². The van der Waals surface area contributed by atoms with Crippen LogP contribution >= 0.6 is 0 Å². The maximum absolute atomic E-state index is 12.2. The first-order valence-electron chi connectivity index (χ1n) is 5.63. The molecule has 0 radical (unpaired) electrons. The Morgan fingerprint density at radius 2 is 2.11 bits per heavy atom. The molecule has 19 heavy (non-hydrogen) atoms. The summed E-state index contributed by atoms with van der Waals surface area (Å²) in [5.41, 5.74) is 6.17. The summed E-state index contributed by atoms with van der Waals surface area (Å²) in [5.74, 6) is -1.04. The van der Waals surface area contributed by atoms with Gasteiger partial charge in [-0.3, -0.25) is 4.79 Å². The Balaban J connectivity index is 2.97. The number of rotatable bonds is 7. The molecule has 0 spiro atoms. The predicted molar refractivity (Wildman–Crippen MR) is 63.4 cm³/mol. The highest BCUT2D eigenvalue weighted by Crippen LogP contribution is 2.32. The van der Waals surface area contributed by atoms with Crippen LogP contribution in [0.2, 0.25) is 0 Å². The van der Waals surface area contributed by atoms with Crippen molar-refractivity contribution in [3.05, 3.63) is 23.8 Å². The molecule has 0 aliphatic heterocycles. The summed E-state index contributed by atoms with van der Waals surface area (Å²) in [6.07, 6.45) is -0.263. The lowest BCUT2D eigenvalue weighted by atomic mass is 10.0. The van der Waals surface area contributed by atoms with E-state index in [4.69, 9.17) is 15.6 Å². The fourth-order valence-electron chi connectivity index (χ4n) is 1.52. The van der Waals surface area contributed by atoms with Crippen LogP contribution in [0.25, 0.3) is 0 Å². The molecule has 1 aromatic carbocycles. The number of carbonyl (C=O) groups is 1. The molecule has 0 aliphatic carbocycles. The van der Waals surface area contributed by atoms with E-state index in [-0.39, 0.29) is 24.5 Å². The van der Waals surface area contributed by atoms with Gasteiger partial charge in [0.05, 0.1) is 13.0 Å². The lowest BCUT2D eigenvalue weighted by molar-refractivity contribution is -0.137. The van der Waals surface area contributed by atoms with Gasteiger partial charge in [-0.2, -0.15) is 8.78 Å². The largest absolute Gasteiger partial charge is 0.490 e. The number of benzene rings is 1. The molecule has 0 saturated heterocycles. The average molecular weight is 275 g/mol. The quantitative estimate of drug-likeness (QED) is 0.797. The van der Waals surface area contributed by atoms with Crippen molar-refractivity contribution in [3.63, 3.8) is 0 Å². The SMILES string of the molecule is CCOc1cc(C(N)CC(=O)O)ccc1OC(F)F. The molecule has 1 atom stereocenters. The molecule has 106 valence electrons. The topological polar surface area (TPSA) is 81.8 Å². The van der Waals surface area contributed by atoms with Gasteiger partial charge in [-0.15, -0.1) is 0 Å². The van der Waals surface area contributed by atoms with E-state index in [1.165, 1.54) is 18.2 Å². The van der Waals surface area contributed by atoms with Gasteiger partial charge in [0.2, 0.25) is 0 Å². The van der Waals surface area contributed by atoms with Crippen LogP contribution in [-0.2, 0) is 4.79 Å². The third-order valence-corrected chi connectivity index (χ3v) is 2.31. The standard InChI is InChI=1S/C12H15F2NO4/c1-2-18-10-5-7(8(15)6-11(16)17)3-4-9(10)19-12(13)14/h3-5,8,12H,2,6,15H2,1H3,(H,16,17). The van der Waals surface area contributed by atoms with Crippen molar-refractivity contribution >= 4 is 5.97 Å². The zero-order valence-electron chi connectivity index (χ0n) is 10.3. The molecule has 1 aromatic rings. The maximum Gasteiger partial charge on any atom is 0.387 e. The molecule has 0 amide bonds. The van der Waals surface area contributed by atoms with Crippen LogP contribution in [-0.4, -0.2) is 24.3 Å². The van der Waals surface area contributed by atoms with Gasteiger partial charge in [0.25, 0.3) is 0 Å². The lowest BCUT2D eigenvalue weighted by Crippen LogP contribution is -2.15. The molecule has 0 heterocycles. The van der Waals surface area contributed by atoms with Gasteiger partial charge in [0.15, 0.2) is 11.5 Å². The zero-order valence-corrected chi connectivity index (χ0v) is 10.3. The Bertz CT molecular complexity index is 440. The summed E-state index contributed by atoms with van der Waals surface area (Å²) in [7, 11) is 0. The Kier molecular flexibility index (Phi) is 5.50. The van der Waals surface area contributed by atoms with Crippen molar-refractivity contribution in [2.45, 2.75) is 26.0 Å². The van der Waals surface area contributed by atoms with Gasteiger partial charge in [0, 0.05) is 6.04 Å². The highest BCUT2D eigenvalue weighted by Gasteiger charge is 2.16. The summed E-state index contributed by atoms with van der Waals surface area (Å²) in [5, 5.41) is 8.66. The predicted octanol–water partition coefficient (Wildman–Crippen LogP) is 2.16. The van der Waals surface area contributed by atoms with E-state index < -0.39 is 18.6 Å². The number of aliphatic carboxylic acids is 1.